The number of hydrogen-bond donors (Lipinski definition) is 0. The molecular formula is C20H23N3O3. The summed E-state index contributed by atoms with van der Waals surface area (Å²) in [7, 11) is 0. The molecule has 0 N–H and O–H groups in total. The highest BCUT2D eigenvalue weighted by Crippen LogP contribution is 2.24. The average Bonchev–Trinajstić information content (AvgIpc) is 2.66. The van der Waals surface area contributed by atoms with Crippen LogP contribution in [0.25, 0.3) is 0 Å². The van der Waals surface area contributed by atoms with Crippen LogP contribution in [0, 0.1) is 17.0 Å². The van der Waals surface area contributed by atoms with Crippen molar-refractivity contribution in [2.45, 2.75) is 13.3 Å². The zero-order chi connectivity index (χ0) is 18.5. The minimum atomic E-state index is -0.460. The maximum atomic E-state index is 12.8. The number of hydrogen-bond acceptors (Lipinski definition) is 4. The van der Waals surface area contributed by atoms with Gasteiger partial charge >= 0.3 is 0 Å². The summed E-state index contributed by atoms with van der Waals surface area (Å²) >= 11 is 0. The van der Waals surface area contributed by atoms with E-state index in [0.717, 1.165) is 26.1 Å². The third-order valence-corrected chi connectivity index (χ3v) is 4.87. The van der Waals surface area contributed by atoms with Crippen LogP contribution in [0.5, 0.6) is 0 Å². The van der Waals surface area contributed by atoms with Crippen LogP contribution in [0.3, 0.4) is 0 Å². The Hall–Kier alpha value is -2.73. The number of nitro groups is 1. The molecule has 0 saturated carbocycles. The lowest BCUT2D eigenvalue weighted by Gasteiger charge is -2.34. The molecule has 1 aliphatic heterocycles. The van der Waals surface area contributed by atoms with E-state index >= 15 is 0 Å². The van der Waals surface area contributed by atoms with E-state index in [9.17, 15) is 14.9 Å². The van der Waals surface area contributed by atoms with E-state index in [4.69, 9.17) is 0 Å². The van der Waals surface area contributed by atoms with Gasteiger partial charge in [-0.2, -0.15) is 0 Å². The third-order valence-electron chi connectivity index (χ3n) is 4.87. The van der Waals surface area contributed by atoms with Crippen LogP contribution < -0.4 is 0 Å². The van der Waals surface area contributed by atoms with Crippen LogP contribution >= 0.6 is 0 Å². The Morgan fingerprint density at radius 1 is 1.04 bits per heavy atom. The number of piperazine rings is 1. The molecule has 0 radical (unpaired) electrons. The van der Waals surface area contributed by atoms with Crippen LogP contribution in [-0.2, 0) is 6.42 Å². The number of nitrogens with zero attached hydrogens (tertiary/aromatic N) is 3. The van der Waals surface area contributed by atoms with Gasteiger partial charge in [-0.05, 0) is 25.0 Å². The second-order valence-corrected chi connectivity index (χ2v) is 6.60. The predicted molar refractivity (Wildman–Crippen MR) is 100 cm³/mol. The smallest absolute Gasteiger partial charge is 0.285 e. The summed E-state index contributed by atoms with van der Waals surface area (Å²) in [6.07, 6.45) is 0.984. The number of carbonyl (C=O) groups excluding carboxylic acids is 1. The number of aryl methyl sites for hydroxylation is 1. The molecule has 3 rings (SSSR count). The molecule has 0 unspecified atom stereocenters. The van der Waals surface area contributed by atoms with Crippen LogP contribution in [0.2, 0.25) is 0 Å². The van der Waals surface area contributed by atoms with Crippen LogP contribution in [0.1, 0.15) is 21.5 Å². The van der Waals surface area contributed by atoms with Crippen molar-refractivity contribution in [2.75, 3.05) is 32.7 Å². The zero-order valence-electron chi connectivity index (χ0n) is 14.9. The summed E-state index contributed by atoms with van der Waals surface area (Å²) in [5, 5.41) is 11.3. The van der Waals surface area contributed by atoms with E-state index in [0.29, 0.717) is 18.7 Å². The van der Waals surface area contributed by atoms with Crippen molar-refractivity contribution >= 4 is 11.6 Å². The average molecular weight is 353 g/mol. The van der Waals surface area contributed by atoms with E-state index in [-0.39, 0.29) is 17.2 Å². The van der Waals surface area contributed by atoms with E-state index < -0.39 is 4.92 Å². The van der Waals surface area contributed by atoms with Crippen LogP contribution in [-0.4, -0.2) is 53.4 Å². The second-order valence-electron chi connectivity index (χ2n) is 6.60. The predicted octanol–water partition coefficient (Wildman–Crippen LogP) is 2.90. The summed E-state index contributed by atoms with van der Waals surface area (Å²) in [5.74, 6) is -0.247. The van der Waals surface area contributed by atoms with Gasteiger partial charge < -0.3 is 4.90 Å². The molecule has 0 bridgehead atoms. The van der Waals surface area contributed by atoms with E-state index in [1.807, 2.05) is 18.2 Å². The molecule has 26 heavy (non-hydrogen) atoms. The maximum absolute atomic E-state index is 12.8. The first kappa shape index (κ1) is 18.1. The van der Waals surface area contributed by atoms with Crippen molar-refractivity contribution in [1.29, 1.82) is 0 Å². The Morgan fingerprint density at radius 3 is 2.38 bits per heavy atom. The van der Waals surface area contributed by atoms with E-state index in [1.54, 1.807) is 30.0 Å². The highest BCUT2D eigenvalue weighted by Gasteiger charge is 2.28. The summed E-state index contributed by atoms with van der Waals surface area (Å²) in [5.41, 5.74) is 1.93. The minimum Gasteiger partial charge on any atom is -0.336 e. The second kappa shape index (κ2) is 8.10. The van der Waals surface area contributed by atoms with Crippen molar-refractivity contribution in [3.8, 4) is 0 Å². The fourth-order valence-electron chi connectivity index (χ4n) is 3.35. The Kier molecular flexibility index (Phi) is 5.63. The molecule has 6 heteroatoms. The van der Waals surface area contributed by atoms with Gasteiger partial charge in [-0.3, -0.25) is 19.8 Å². The molecule has 2 aromatic carbocycles. The molecule has 6 nitrogen and oxygen atoms in total. The molecule has 0 spiro atoms. The Morgan fingerprint density at radius 2 is 1.73 bits per heavy atom. The molecule has 1 amide bonds. The van der Waals surface area contributed by atoms with Crippen molar-refractivity contribution in [2.24, 2.45) is 0 Å². The Labute approximate surface area is 153 Å². The van der Waals surface area contributed by atoms with Gasteiger partial charge in [-0.15, -0.1) is 0 Å². The topological polar surface area (TPSA) is 66.7 Å². The Balaban J connectivity index is 1.59. The first-order chi connectivity index (χ1) is 12.6. The number of para-hydroxylation sites is 1. The lowest BCUT2D eigenvalue weighted by atomic mass is 10.1. The van der Waals surface area contributed by atoms with Gasteiger partial charge in [-0.25, -0.2) is 0 Å². The van der Waals surface area contributed by atoms with Crippen molar-refractivity contribution in [3.05, 3.63) is 75.3 Å². The number of amides is 1. The zero-order valence-corrected chi connectivity index (χ0v) is 14.9. The minimum absolute atomic E-state index is 0.0796. The molecule has 0 aromatic heterocycles. The van der Waals surface area contributed by atoms with Gasteiger partial charge in [0.05, 0.1) is 4.92 Å². The fraction of sp³-hybridized carbons (Fsp3) is 0.350. The molecule has 0 aliphatic carbocycles. The lowest BCUT2D eigenvalue weighted by molar-refractivity contribution is -0.385. The van der Waals surface area contributed by atoms with Crippen molar-refractivity contribution in [1.82, 2.24) is 9.80 Å². The van der Waals surface area contributed by atoms with Gasteiger partial charge in [0, 0.05) is 38.3 Å². The SMILES string of the molecule is Cc1cccc(C(=O)N2CCN(CCc3ccccc3)CC2)c1[N+](=O)[O-]. The summed E-state index contributed by atoms with van der Waals surface area (Å²) in [6, 6.07) is 15.3. The van der Waals surface area contributed by atoms with E-state index in [1.165, 1.54) is 5.56 Å². The van der Waals surface area contributed by atoms with Gasteiger partial charge in [0.15, 0.2) is 0 Å². The quantitative estimate of drug-likeness (QED) is 0.612. The largest absolute Gasteiger partial charge is 0.336 e. The number of rotatable bonds is 5. The summed E-state index contributed by atoms with van der Waals surface area (Å²) in [4.78, 5) is 27.7. The molecule has 1 fully saturated rings. The Bertz CT molecular complexity index is 784. The number of nitro benzene ring substituents is 1. The molecule has 1 aliphatic rings. The maximum Gasteiger partial charge on any atom is 0.285 e. The number of benzene rings is 2. The van der Waals surface area contributed by atoms with Gasteiger partial charge in [0.25, 0.3) is 11.6 Å². The summed E-state index contributed by atoms with van der Waals surface area (Å²) < 4.78 is 0. The fourth-order valence-corrected chi connectivity index (χ4v) is 3.35. The van der Waals surface area contributed by atoms with Gasteiger partial charge in [0.1, 0.15) is 5.56 Å². The standard InChI is InChI=1S/C20H23N3O3/c1-16-6-5-9-18(19(16)23(25)26)20(24)22-14-12-21(13-15-22)11-10-17-7-3-2-4-8-17/h2-9H,10-15H2,1H3. The first-order valence-electron chi connectivity index (χ1n) is 8.86. The highest BCUT2D eigenvalue weighted by atomic mass is 16.6. The number of carbonyl (C=O) groups is 1. The summed E-state index contributed by atoms with van der Waals surface area (Å²) in [6.45, 7) is 5.39. The first-order valence-corrected chi connectivity index (χ1v) is 8.86. The normalized spacial score (nSPS) is 15.0. The molecule has 136 valence electrons. The molecule has 0 atom stereocenters. The van der Waals surface area contributed by atoms with Crippen LogP contribution in [0.15, 0.2) is 48.5 Å². The van der Waals surface area contributed by atoms with E-state index in [2.05, 4.69) is 17.0 Å². The molecular weight excluding hydrogens is 330 g/mol. The molecule has 1 saturated heterocycles. The van der Waals surface area contributed by atoms with Gasteiger partial charge in [0.2, 0.25) is 0 Å². The van der Waals surface area contributed by atoms with Gasteiger partial charge in [-0.1, -0.05) is 42.5 Å². The molecule has 1 heterocycles. The van der Waals surface area contributed by atoms with Crippen molar-refractivity contribution < 1.29 is 9.72 Å². The lowest BCUT2D eigenvalue weighted by Crippen LogP contribution is -2.49. The highest BCUT2D eigenvalue weighted by molar-refractivity contribution is 5.98. The van der Waals surface area contributed by atoms with Crippen LogP contribution in [0.4, 0.5) is 5.69 Å². The monoisotopic (exact) mass is 353 g/mol. The molecule has 2 aromatic rings. The third kappa shape index (κ3) is 4.08. The van der Waals surface area contributed by atoms with Crippen molar-refractivity contribution in [3.63, 3.8) is 0 Å².